The van der Waals surface area contributed by atoms with Crippen molar-refractivity contribution in [3.8, 4) is 0 Å². The van der Waals surface area contributed by atoms with Crippen LogP contribution in [0.2, 0.25) is 10.0 Å². The molecule has 2 aromatic rings. The van der Waals surface area contributed by atoms with Crippen LogP contribution in [0.3, 0.4) is 0 Å². The standard InChI is InChI=1S/C14H15Cl2NO2S/c1-8(18)5-6-17(2)14(19)13-12(16)10-4-3-9(15)7-11(10)20-13/h3-4,7-8,18H,5-6H2,1-2H3. The number of benzene rings is 1. The van der Waals surface area contributed by atoms with Gasteiger partial charge in [-0.25, -0.2) is 0 Å². The maximum absolute atomic E-state index is 12.4. The van der Waals surface area contributed by atoms with E-state index in [2.05, 4.69) is 0 Å². The Morgan fingerprint density at radius 1 is 1.45 bits per heavy atom. The molecule has 0 bridgehead atoms. The van der Waals surface area contributed by atoms with E-state index in [1.54, 1.807) is 31.0 Å². The Balaban J connectivity index is 2.28. The summed E-state index contributed by atoms with van der Waals surface area (Å²) in [6.07, 6.45) is 0.110. The molecular formula is C14H15Cl2NO2S. The van der Waals surface area contributed by atoms with Gasteiger partial charge in [0.25, 0.3) is 5.91 Å². The Hall–Kier alpha value is -0.810. The van der Waals surface area contributed by atoms with Gasteiger partial charge in [0, 0.05) is 28.7 Å². The minimum absolute atomic E-state index is 0.132. The number of aliphatic hydroxyl groups excluding tert-OH is 1. The summed E-state index contributed by atoms with van der Waals surface area (Å²) in [4.78, 5) is 14.5. The van der Waals surface area contributed by atoms with Crippen LogP contribution in [-0.2, 0) is 0 Å². The third-order valence-corrected chi connectivity index (χ3v) is 4.90. The van der Waals surface area contributed by atoms with Gasteiger partial charge >= 0.3 is 0 Å². The lowest BCUT2D eigenvalue weighted by molar-refractivity contribution is 0.0774. The Bertz CT molecular complexity index is 639. The van der Waals surface area contributed by atoms with E-state index < -0.39 is 6.10 Å². The van der Waals surface area contributed by atoms with E-state index in [0.717, 1.165) is 10.1 Å². The summed E-state index contributed by atoms with van der Waals surface area (Å²) in [5.74, 6) is -0.132. The molecule has 0 aliphatic heterocycles. The summed E-state index contributed by atoms with van der Waals surface area (Å²) in [6, 6.07) is 5.39. The molecule has 20 heavy (non-hydrogen) atoms. The van der Waals surface area contributed by atoms with Crippen molar-refractivity contribution in [1.82, 2.24) is 4.90 Å². The number of carbonyl (C=O) groups is 1. The number of hydrogen-bond donors (Lipinski definition) is 1. The second-order valence-corrected chi connectivity index (χ2v) is 6.62. The van der Waals surface area contributed by atoms with Gasteiger partial charge in [0.1, 0.15) is 4.88 Å². The van der Waals surface area contributed by atoms with Crippen molar-refractivity contribution < 1.29 is 9.90 Å². The number of carbonyl (C=O) groups excluding carboxylic acids is 1. The molecule has 1 heterocycles. The zero-order valence-electron chi connectivity index (χ0n) is 11.2. The normalized spacial score (nSPS) is 12.7. The highest BCUT2D eigenvalue weighted by molar-refractivity contribution is 7.21. The first kappa shape index (κ1) is 15.6. The molecule has 3 nitrogen and oxygen atoms in total. The molecule has 1 aromatic carbocycles. The Kier molecular flexibility index (Phi) is 4.91. The van der Waals surface area contributed by atoms with E-state index in [-0.39, 0.29) is 5.91 Å². The molecule has 0 aliphatic carbocycles. The van der Waals surface area contributed by atoms with E-state index in [9.17, 15) is 9.90 Å². The van der Waals surface area contributed by atoms with Gasteiger partial charge in [-0.15, -0.1) is 11.3 Å². The number of nitrogens with zero attached hydrogens (tertiary/aromatic N) is 1. The maximum Gasteiger partial charge on any atom is 0.265 e. The highest BCUT2D eigenvalue weighted by Gasteiger charge is 2.20. The van der Waals surface area contributed by atoms with E-state index in [1.807, 2.05) is 6.07 Å². The van der Waals surface area contributed by atoms with Gasteiger partial charge in [-0.3, -0.25) is 4.79 Å². The number of hydrogen-bond acceptors (Lipinski definition) is 3. The van der Waals surface area contributed by atoms with E-state index in [0.29, 0.717) is 27.9 Å². The minimum atomic E-state index is -0.429. The Morgan fingerprint density at radius 3 is 2.80 bits per heavy atom. The molecule has 2 rings (SSSR count). The molecule has 1 amide bonds. The zero-order valence-corrected chi connectivity index (χ0v) is 13.5. The number of thiophene rings is 1. The van der Waals surface area contributed by atoms with Crippen molar-refractivity contribution in [2.75, 3.05) is 13.6 Å². The maximum atomic E-state index is 12.4. The largest absolute Gasteiger partial charge is 0.393 e. The van der Waals surface area contributed by atoms with Crippen molar-refractivity contribution in [3.05, 3.63) is 33.1 Å². The number of rotatable bonds is 4. The van der Waals surface area contributed by atoms with Crippen LogP contribution in [0.15, 0.2) is 18.2 Å². The molecule has 6 heteroatoms. The summed E-state index contributed by atoms with van der Waals surface area (Å²) in [5, 5.41) is 11.2. The van der Waals surface area contributed by atoms with E-state index in [4.69, 9.17) is 23.2 Å². The van der Waals surface area contributed by atoms with Crippen LogP contribution in [-0.4, -0.2) is 35.6 Å². The monoisotopic (exact) mass is 331 g/mol. The van der Waals surface area contributed by atoms with E-state index >= 15 is 0 Å². The average Bonchev–Trinajstić information content (AvgIpc) is 2.71. The predicted octanol–water partition coefficient (Wildman–Crippen LogP) is 4.05. The highest BCUT2D eigenvalue weighted by atomic mass is 35.5. The van der Waals surface area contributed by atoms with Crippen molar-refractivity contribution in [2.24, 2.45) is 0 Å². The van der Waals surface area contributed by atoms with Crippen molar-refractivity contribution >= 4 is 50.5 Å². The summed E-state index contributed by atoms with van der Waals surface area (Å²) in [6.45, 7) is 2.19. The summed E-state index contributed by atoms with van der Waals surface area (Å²) >= 11 is 13.6. The molecule has 0 radical (unpaired) electrons. The van der Waals surface area contributed by atoms with Gasteiger partial charge in [0.2, 0.25) is 0 Å². The first-order valence-electron chi connectivity index (χ1n) is 6.21. The molecule has 1 atom stereocenters. The fourth-order valence-electron chi connectivity index (χ4n) is 1.83. The Labute approximate surface area is 131 Å². The quantitative estimate of drug-likeness (QED) is 0.917. The molecule has 0 saturated heterocycles. The number of aliphatic hydroxyl groups is 1. The Morgan fingerprint density at radius 2 is 2.15 bits per heavy atom. The first-order chi connectivity index (χ1) is 9.40. The fraction of sp³-hybridized carbons (Fsp3) is 0.357. The number of halogens is 2. The van der Waals surface area contributed by atoms with Gasteiger partial charge in [0.05, 0.1) is 11.1 Å². The second kappa shape index (κ2) is 6.31. The lowest BCUT2D eigenvalue weighted by Gasteiger charge is -2.17. The van der Waals surface area contributed by atoms with Gasteiger partial charge in [-0.2, -0.15) is 0 Å². The molecule has 108 valence electrons. The van der Waals surface area contributed by atoms with Crippen molar-refractivity contribution in [2.45, 2.75) is 19.4 Å². The van der Waals surface area contributed by atoms with Gasteiger partial charge in [-0.1, -0.05) is 29.3 Å². The number of fused-ring (bicyclic) bond motifs is 1. The van der Waals surface area contributed by atoms with Crippen LogP contribution in [0.25, 0.3) is 10.1 Å². The van der Waals surface area contributed by atoms with Gasteiger partial charge in [0.15, 0.2) is 0 Å². The van der Waals surface area contributed by atoms with Crippen molar-refractivity contribution in [3.63, 3.8) is 0 Å². The summed E-state index contributed by atoms with van der Waals surface area (Å²) < 4.78 is 0.898. The zero-order chi connectivity index (χ0) is 14.9. The van der Waals surface area contributed by atoms with Gasteiger partial charge in [-0.05, 0) is 25.5 Å². The molecular weight excluding hydrogens is 317 g/mol. The molecule has 0 spiro atoms. The molecule has 0 saturated carbocycles. The predicted molar refractivity (Wildman–Crippen MR) is 85.1 cm³/mol. The molecule has 1 N–H and O–H groups in total. The van der Waals surface area contributed by atoms with Crippen molar-refractivity contribution in [1.29, 1.82) is 0 Å². The SMILES string of the molecule is CC(O)CCN(C)C(=O)c1sc2cc(Cl)ccc2c1Cl. The third kappa shape index (κ3) is 3.26. The van der Waals surface area contributed by atoms with Crippen LogP contribution in [0.5, 0.6) is 0 Å². The van der Waals surface area contributed by atoms with E-state index in [1.165, 1.54) is 11.3 Å². The molecule has 0 aliphatic rings. The van der Waals surface area contributed by atoms with Gasteiger partial charge < -0.3 is 10.0 Å². The highest BCUT2D eigenvalue weighted by Crippen LogP contribution is 2.37. The average molecular weight is 332 g/mol. The molecule has 0 fully saturated rings. The van der Waals surface area contributed by atoms with Crippen LogP contribution >= 0.6 is 34.5 Å². The van der Waals surface area contributed by atoms with Crippen LogP contribution < -0.4 is 0 Å². The second-order valence-electron chi connectivity index (χ2n) is 4.75. The fourth-order valence-corrected chi connectivity index (χ4v) is 3.61. The van der Waals surface area contributed by atoms with Crippen LogP contribution in [0.1, 0.15) is 23.0 Å². The smallest absolute Gasteiger partial charge is 0.265 e. The summed E-state index contributed by atoms with van der Waals surface area (Å²) in [7, 11) is 1.71. The topological polar surface area (TPSA) is 40.5 Å². The first-order valence-corrected chi connectivity index (χ1v) is 7.78. The third-order valence-electron chi connectivity index (χ3n) is 3.01. The lowest BCUT2D eigenvalue weighted by atomic mass is 10.2. The number of amides is 1. The summed E-state index contributed by atoms with van der Waals surface area (Å²) in [5.41, 5.74) is 0. The molecule has 1 unspecified atom stereocenters. The minimum Gasteiger partial charge on any atom is -0.393 e. The van der Waals surface area contributed by atoms with Crippen LogP contribution in [0, 0.1) is 0 Å². The van der Waals surface area contributed by atoms with Crippen LogP contribution in [0.4, 0.5) is 0 Å². The molecule has 1 aromatic heterocycles. The lowest BCUT2D eigenvalue weighted by Crippen LogP contribution is -2.29.